The van der Waals surface area contributed by atoms with E-state index in [4.69, 9.17) is 0 Å². The van der Waals surface area contributed by atoms with Crippen molar-refractivity contribution in [3.63, 3.8) is 0 Å². The Labute approximate surface area is 96.2 Å². The zero-order valence-corrected chi connectivity index (χ0v) is 9.84. The lowest BCUT2D eigenvalue weighted by Gasteiger charge is -2.10. The lowest BCUT2D eigenvalue weighted by atomic mass is 10.1. The van der Waals surface area contributed by atoms with E-state index in [9.17, 15) is 4.79 Å². The van der Waals surface area contributed by atoms with Gasteiger partial charge in [0.2, 0.25) is 5.91 Å². The normalized spacial score (nSPS) is 15.1. The van der Waals surface area contributed by atoms with Crippen molar-refractivity contribution >= 4 is 17.3 Å². The van der Waals surface area contributed by atoms with Crippen molar-refractivity contribution < 1.29 is 4.79 Å². The number of fused-ring (bicyclic) bond motifs is 1. The Bertz CT molecular complexity index is 401. The van der Waals surface area contributed by atoms with Gasteiger partial charge in [0.15, 0.2) is 0 Å². The molecule has 1 aromatic rings. The van der Waals surface area contributed by atoms with Gasteiger partial charge in [0.1, 0.15) is 0 Å². The number of anilines is 2. The Kier molecular flexibility index (Phi) is 3.13. The smallest absolute Gasteiger partial charge is 0.227 e. The Balaban J connectivity index is 2.08. The standard InChI is InChI=1S/C13H18N2O/c1-3-9(2)13(16)15-11-4-5-12-10(8-11)6-7-14-12/h4-5,8-9,14H,3,6-7H2,1-2H3,(H,15,16). The second kappa shape index (κ2) is 4.56. The summed E-state index contributed by atoms with van der Waals surface area (Å²) in [6, 6.07) is 6.06. The molecule has 0 saturated heterocycles. The molecule has 0 spiro atoms. The molecule has 1 aromatic carbocycles. The van der Waals surface area contributed by atoms with Crippen LogP contribution in [0.25, 0.3) is 0 Å². The summed E-state index contributed by atoms with van der Waals surface area (Å²) in [4.78, 5) is 11.7. The number of carbonyl (C=O) groups is 1. The van der Waals surface area contributed by atoms with Gasteiger partial charge in [-0.05, 0) is 36.6 Å². The van der Waals surface area contributed by atoms with Crippen LogP contribution in [0.15, 0.2) is 18.2 Å². The molecule has 0 aliphatic carbocycles. The maximum Gasteiger partial charge on any atom is 0.227 e. The van der Waals surface area contributed by atoms with Crippen molar-refractivity contribution in [3.8, 4) is 0 Å². The predicted octanol–water partition coefficient (Wildman–Crippen LogP) is 2.64. The Morgan fingerprint density at radius 3 is 3.12 bits per heavy atom. The fourth-order valence-electron chi connectivity index (χ4n) is 1.83. The molecule has 0 fully saturated rings. The molecule has 3 heteroatoms. The molecule has 1 atom stereocenters. The molecule has 1 amide bonds. The molecule has 2 rings (SSSR count). The first-order chi connectivity index (χ1) is 7.70. The van der Waals surface area contributed by atoms with E-state index >= 15 is 0 Å². The number of nitrogens with one attached hydrogen (secondary N) is 2. The quantitative estimate of drug-likeness (QED) is 0.819. The van der Waals surface area contributed by atoms with Crippen molar-refractivity contribution in [3.05, 3.63) is 23.8 Å². The summed E-state index contributed by atoms with van der Waals surface area (Å²) in [6.07, 6.45) is 1.92. The van der Waals surface area contributed by atoms with E-state index in [-0.39, 0.29) is 11.8 Å². The van der Waals surface area contributed by atoms with E-state index < -0.39 is 0 Å². The first kappa shape index (κ1) is 11.0. The summed E-state index contributed by atoms with van der Waals surface area (Å²) < 4.78 is 0. The maximum absolute atomic E-state index is 11.7. The topological polar surface area (TPSA) is 41.1 Å². The molecule has 1 unspecified atom stereocenters. The summed E-state index contributed by atoms with van der Waals surface area (Å²) in [7, 11) is 0. The van der Waals surface area contributed by atoms with E-state index in [0.29, 0.717) is 0 Å². The molecule has 0 aromatic heterocycles. The first-order valence-electron chi connectivity index (χ1n) is 5.88. The predicted molar refractivity (Wildman–Crippen MR) is 66.7 cm³/mol. The average molecular weight is 218 g/mol. The average Bonchev–Trinajstić information content (AvgIpc) is 2.75. The minimum atomic E-state index is 0.0754. The van der Waals surface area contributed by atoms with Gasteiger partial charge in [0.05, 0.1) is 0 Å². The van der Waals surface area contributed by atoms with Gasteiger partial charge < -0.3 is 10.6 Å². The number of rotatable bonds is 3. The fraction of sp³-hybridized carbons (Fsp3) is 0.462. The van der Waals surface area contributed by atoms with E-state index in [1.165, 1.54) is 11.3 Å². The lowest BCUT2D eigenvalue weighted by molar-refractivity contribution is -0.119. The van der Waals surface area contributed by atoms with Crippen molar-refractivity contribution in [2.45, 2.75) is 26.7 Å². The van der Waals surface area contributed by atoms with Gasteiger partial charge >= 0.3 is 0 Å². The van der Waals surface area contributed by atoms with E-state index in [0.717, 1.165) is 25.1 Å². The van der Waals surface area contributed by atoms with Gasteiger partial charge in [-0.1, -0.05) is 13.8 Å². The fourth-order valence-corrected chi connectivity index (χ4v) is 1.83. The number of benzene rings is 1. The Hall–Kier alpha value is -1.51. The van der Waals surface area contributed by atoms with E-state index in [1.807, 2.05) is 26.0 Å². The van der Waals surface area contributed by atoms with Crippen molar-refractivity contribution in [2.24, 2.45) is 5.92 Å². The van der Waals surface area contributed by atoms with Crippen LogP contribution in [0, 0.1) is 5.92 Å². The Morgan fingerprint density at radius 2 is 2.38 bits per heavy atom. The molecule has 86 valence electrons. The van der Waals surface area contributed by atoms with Gasteiger partial charge in [-0.3, -0.25) is 4.79 Å². The van der Waals surface area contributed by atoms with Crippen LogP contribution < -0.4 is 10.6 Å². The van der Waals surface area contributed by atoms with Crippen LogP contribution in [-0.4, -0.2) is 12.5 Å². The molecule has 1 aliphatic heterocycles. The largest absolute Gasteiger partial charge is 0.384 e. The molecule has 0 saturated carbocycles. The van der Waals surface area contributed by atoms with E-state index in [1.54, 1.807) is 0 Å². The summed E-state index contributed by atoms with van der Waals surface area (Å²) in [5, 5.41) is 6.26. The van der Waals surface area contributed by atoms with Gasteiger partial charge in [-0.2, -0.15) is 0 Å². The maximum atomic E-state index is 11.7. The molecule has 1 aliphatic rings. The van der Waals surface area contributed by atoms with Crippen LogP contribution in [0.5, 0.6) is 0 Å². The van der Waals surface area contributed by atoms with Crippen molar-refractivity contribution in [2.75, 3.05) is 17.2 Å². The highest BCUT2D eigenvalue weighted by molar-refractivity contribution is 5.92. The van der Waals surface area contributed by atoms with Gasteiger partial charge in [0, 0.05) is 23.8 Å². The van der Waals surface area contributed by atoms with Crippen molar-refractivity contribution in [1.29, 1.82) is 0 Å². The van der Waals surface area contributed by atoms with Crippen LogP contribution in [0.1, 0.15) is 25.8 Å². The molecule has 0 bridgehead atoms. The van der Waals surface area contributed by atoms with Gasteiger partial charge in [-0.15, -0.1) is 0 Å². The number of carbonyl (C=O) groups excluding carboxylic acids is 1. The van der Waals surface area contributed by atoms with Crippen LogP contribution in [0.4, 0.5) is 11.4 Å². The van der Waals surface area contributed by atoms with Gasteiger partial charge in [-0.25, -0.2) is 0 Å². The number of amides is 1. The van der Waals surface area contributed by atoms with Gasteiger partial charge in [0.25, 0.3) is 0 Å². The SMILES string of the molecule is CCC(C)C(=O)Nc1ccc2c(c1)CCN2. The van der Waals surface area contributed by atoms with Crippen molar-refractivity contribution in [1.82, 2.24) is 0 Å². The zero-order valence-electron chi connectivity index (χ0n) is 9.84. The highest BCUT2D eigenvalue weighted by Gasteiger charge is 2.13. The van der Waals surface area contributed by atoms with E-state index in [2.05, 4.69) is 16.7 Å². The first-order valence-corrected chi connectivity index (χ1v) is 5.88. The number of hydrogen-bond donors (Lipinski definition) is 2. The monoisotopic (exact) mass is 218 g/mol. The van der Waals surface area contributed by atoms with Crippen LogP contribution in [0.2, 0.25) is 0 Å². The summed E-state index contributed by atoms with van der Waals surface area (Å²) in [6.45, 7) is 4.97. The highest BCUT2D eigenvalue weighted by Crippen LogP contribution is 2.25. The molecule has 2 N–H and O–H groups in total. The van der Waals surface area contributed by atoms with Crippen LogP contribution in [-0.2, 0) is 11.2 Å². The minimum absolute atomic E-state index is 0.0754. The molecule has 16 heavy (non-hydrogen) atoms. The third-order valence-electron chi connectivity index (χ3n) is 3.14. The molecular weight excluding hydrogens is 200 g/mol. The second-order valence-electron chi connectivity index (χ2n) is 4.35. The number of hydrogen-bond acceptors (Lipinski definition) is 2. The molecule has 3 nitrogen and oxygen atoms in total. The summed E-state index contributed by atoms with van der Waals surface area (Å²) in [5.41, 5.74) is 3.40. The van der Waals surface area contributed by atoms with Crippen LogP contribution in [0.3, 0.4) is 0 Å². The summed E-state index contributed by atoms with van der Waals surface area (Å²) in [5.74, 6) is 0.180. The lowest BCUT2D eigenvalue weighted by Crippen LogP contribution is -2.19. The third-order valence-corrected chi connectivity index (χ3v) is 3.14. The highest BCUT2D eigenvalue weighted by atomic mass is 16.1. The summed E-state index contributed by atoms with van der Waals surface area (Å²) >= 11 is 0. The molecule has 1 heterocycles. The minimum Gasteiger partial charge on any atom is -0.384 e. The Morgan fingerprint density at radius 1 is 1.56 bits per heavy atom. The van der Waals surface area contributed by atoms with Crippen LogP contribution >= 0.6 is 0 Å². The second-order valence-corrected chi connectivity index (χ2v) is 4.35. The third kappa shape index (κ3) is 2.18. The molecule has 0 radical (unpaired) electrons. The molecular formula is C13H18N2O. The zero-order chi connectivity index (χ0) is 11.5.